The molecule has 0 radical (unpaired) electrons. The topological polar surface area (TPSA) is 134 Å². The third kappa shape index (κ3) is 9.76. The summed E-state index contributed by atoms with van der Waals surface area (Å²) >= 11 is 0. The van der Waals surface area contributed by atoms with Gasteiger partial charge >= 0.3 is 6.09 Å². The maximum absolute atomic E-state index is 13.7. The Morgan fingerprint density at radius 3 is 2.24 bits per heavy atom. The zero-order valence-electron chi connectivity index (χ0n) is 23.5. The summed E-state index contributed by atoms with van der Waals surface area (Å²) in [4.78, 5) is 66.5. The van der Waals surface area contributed by atoms with Crippen molar-refractivity contribution >= 4 is 29.6 Å². The summed E-state index contributed by atoms with van der Waals surface area (Å²) < 4.78 is 5.39. The molecular weight excluding hydrogens is 488 g/mol. The number of nitrogens with one attached hydrogen (secondary N) is 3. The van der Waals surface area contributed by atoms with Gasteiger partial charge in [-0.25, -0.2) is 4.79 Å². The molecule has 0 aromatic heterocycles. The molecule has 2 aliphatic rings. The van der Waals surface area contributed by atoms with E-state index in [0.717, 1.165) is 38.5 Å². The van der Waals surface area contributed by atoms with Crippen molar-refractivity contribution in [1.82, 2.24) is 20.9 Å². The van der Waals surface area contributed by atoms with Gasteiger partial charge in [-0.15, -0.1) is 6.58 Å². The minimum absolute atomic E-state index is 0.148. The molecule has 0 saturated carbocycles. The summed E-state index contributed by atoms with van der Waals surface area (Å²) in [5.41, 5.74) is -0.713. The number of nitrogens with zero attached hydrogens (tertiary/aromatic N) is 1. The lowest BCUT2D eigenvalue weighted by Gasteiger charge is -2.31. The Labute approximate surface area is 226 Å². The van der Waals surface area contributed by atoms with Crippen LogP contribution < -0.4 is 16.0 Å². The highest BCUT2D eigenvalue weighted by Gasteiger charge is 2.43. The lowest BCUT2D eigenvalue weighted by molar-refractivity contribution is -0.143. The van der Waals surface area contributed by atoms with Gasteiger partial charge in [0.15, 0.2) is 0 Å². The fourth-order valence-corrected chi connectivity index (χ4v) is 5.02. The van der Waals surface area contributed by atoms with Crippen molar-refractivity contribution in [3.05, 3.63) is 12.7 Å². The average molecular weight is 535 g/mol. The molecule has 0 aromatic rings. The molecule has 0 spiro atoms. The molecule has 3 N–H and O–H groups in total. The van der Waals surface area contributed by atoms with Crippen LogP contribution in [0.2, 0.25) is 0 Å². The zero-order valence-corrected chi connectivity index (χ0v) is 23.5. The number of alkyl carbamates (subject to hydrolysis) is 1. The standard InChI is InChI=1S/C28H46N4O6/c1-6-17-29-25(35)23(33)20-14-12-10-8-7-9-11-13-15-21(31-27(37)38-28(3,4)5)26(36)32-18-16-19(2)22(32)24(34)30-20/h6,19-22H,1,7-18H2,2-5H3,(H,29,35)(H,30,34)(H,31,37)/t19-,20-,21-,22-/m0/s1. The van der Waals surface area contributed by atoms with Gasteiger partial charge in [-0.1, -0.05) is 57.9 Å². The van der Waals surface area contributed by atoms with E-state index in [1.165, 1.54) is 11.0 Å². The second-order valence-electron chi connectivity index (χ2n) is 11.4. The summed E-state index contributed by atoms with van der Waals surface area (Å²) in [6.07, 6.45) is 8.49. The normalized spacial score (nSPS) is 26.1. The maximum atomic E-state index is 13.7. The minimum atomic E-state index is -0.972. The molecule has 38 heavy (non-hydrogen) atoms. The molecule has 0 aromatic carbocycles. The van der Waals surface area contributed by atoms with Gasteiger partial charge in [0.2, 0.25) is 17.6 Å². The Kier molecular flexibility index (Phi) is 12.3. The number of fused-ring (bicyclic) bond motifs is 1. The predicted octanol–water partition coefficient (Wildman–Crippen LogP) is 3.00. The fraction of sp³-hybridized carbons (Fsp3) is 0.750. The SMILES string of the molecule is C=CCNC(=O)C(=O)[C@@H]1CCCCCCCCC[C@H](NC(=O)OC(C)(C)C)C(=O)N2CC[C@H](C)[C@H]2C(=O)N1. The summed E-state index contributed by atoms with van der Waals surface area (Å²) in [6.45, 7) is 11.2. The van der Waals surface area contributed by atoms with E-state index in [9.17, 15) is 24.0 Å². The van der Waals surface area contributed by atoms with Crippen molar-refractivity contribution in [2.45, 2.75) is 116 Å². The number of rotatable bonds is 5. The van der Waals surface area contributed by atoms with Gasteiger partial charge < -0.3 is 25.6 Å². The van der Waals surface area contributed by atoms with Crippen LogP contribution in [0.15, 0.2) is 12.7 Å². The molecule has 4 atom stereocenters. The van der Waals surface area contributed by atoms with Crippen LogP contribution in [0.3, 0.4) is 0 Å². The van der Waals surface area contributed by atoms with E-state index in [4.69, 9.17) is 4.74 Å². The van der Waals surface area contributed by atoms with Gasteiger partial charge in [0.25, 0.3) is 5.91 Å². The Balaban J connectivity index is 2.27. The van der Waals surface area contributed by atoms with E-state index >= 15 is 0 Å². The number of carbonyl (C=O) groups is 5. The predicted molar refractivity (Wildman–Crippen MR) is 144 cm³/mol. The molecule has 0 bridgehead atoms. The molecule has 2 aliphatic heterocycles. The summed E-state index contributed by atoms with van der Waals surface area (Å²) in [5.74, 6) is -2.40. The third-order valence-electron chi connectivity index (χ3n) is 6.99. The number of hydrogen-bond acceptors (Lipinski definition) is 6. The largest absolute Gasteiger partial charge is 0.444 e. The number of ketones is 1. The molecule has 2 fully saturated rings. The fourth-order valence-electron chi connectivity index (χ4n) is 5.02. The van der Waals surface area contributed by atoms with Crippen LogP contribution in [0.5, 0.6) is 0 Å². The van der Waals surface area contributed by atoms with Gasteiger partial charge in [-0.3, -0.25) is 19.2 Å². The van der Waals surface area contributed by atoms with Crippen molar-refractivity contribution in [1.29, 1.82) is 0 Å². The molecule has 2 heterocycles. The van der Waals surface area contributed by atoms with Crippen molar-refractivity contribution < 1.29 is 28.7 Å². The molecule has 0 aliphatic carbocycles. The van der Waals surface area contributed by atoms with Crippen LogP contribution in [0.4, 0.5) is 4.79 Å². The Morgan fingerprint density at radius 1 is 1.03 bits per heavy atom. The molecule has 10 heteroatoms. The summed E-state index contributed by atoms with van der Waals surface area (Å²) in [5, 5.41) is 8.01. The van der Waals surface area contributed by atoms with Gasteiger partial charge in [-0.05, 0) is 46.0 Å². The van der Waals surface area contributed by atoms with Gasteiger partial charge in [0.05, 0.1) is 6.04 Å². The minimum Gasteiger partial charge on any atom is -0.444 e. The van der Waals surface area contributed by atoms with E-state index in [-0.39, 0.29) is 18.4 Å². The Hall–Kier alpha value is -2.91. The van der Waals surface area contributed by atoms with Gasteiger partial charge in [0.1, 0.15) is 17.7 Å². The quantitative estimate of drug-likeness (QED) is 0.367. The third-order valence-corrected chi connectivity index (χ3v) is 6.99. The summed E-state index contributed by atoms with van der Waals surface area (Å²) in [7, 11) is 0. The lowest BCUT2D eigenvalue weighted by Crippen LogP contribution is -2.57. The molecular formula is C28H46N4O6. The van der Waals surface area contributed by atoms with Gasteiger partial charge in [0, 0.05) is 13.1 Å². The highest BCUT2D eigenvalue weighted by atomic mass is 16.6. The van der Waals surface area contributed by atoms with Crippen molar-refractivity contribution in [2.24, 2.45) is 5.92 Å². The average Bonchev–Trinajstić information content (AvgIpc) is 3.23. The second kappa shape index (κ2) is 14.9. The first kappa shape index (κ1) is 31.3. The second-order valence-corrected chi connectivity index (χ2v) is 11.4. The van der Waals surface area contributed by atoms with Crippen LogP contribution in [-0.2, 0) is 23.9 Å². The zero-order chi connectivity index (χ0) is 28.3. The highest BCUT2D eigenvalue weighted by Crippen LogP contribution is 2.26. The van der Waals surface area contributed by atoms with Crippen LogP contribution in [0, 0.1) is 5.92 Å². The van der Waals surface area contributed by atoms with Crippen LogP contribution in [-0.4, -0.2) is 71.3 Å². The molecule has 214 valence electrons. The van der Waals surface area contributed by atoms with Crippen molar-refractivity contribution in [2.75, 3.05) is 13.1 Å². The summed E-state index contributed by atoms with van der Waals surface area (Å²) in [6, 6.07) is -2.59. The number of Topliss-reactive ketones (excluding diaryl/α,β-unsaturated/α-hetero) is 1. The van der Waals surface area contributed by atoms with Gasteiger partial charge in [-0.2, -0.15) is 0 Å². The Bertz CT molecular complexity index is 868. The Morgan fingerprint density at radius 2 is 1.63 bits per heavy atom. The molecule has 0 unspecified atom stereocenters. The smallest absolute Gasteiger partial charge is 0.408 e. The molecule has 10 nitrogen and oxygen atoms in total. The van der Waals surface area contributed by atoms with E-state index in [1.807, 2.05) is 6.92 Å². The number of ether oxygens (including phenoxy) is 1. The first-order valence-corrected chi connectivity index (χ1v) is 14.0. The first-order chi connectivity index (χ1) is 17.9. The lowest BCUT2D eigenvalue weighted by atomic mass is 9.97. The van der Waals surface area contributed by atoms with E-state index in [2.05, 4.69) is 22.5 Å². The molecule has 2 saturated heterocycles. The van der Waals surface area contributed by atoms with Crippen molar-refractivity contribution in [3.63, 3.8) is 0 Å². The molecule has 2 rings (SSSR count). The van der Waals surface area contributed by atoms with E-state index < -0.39 is 47.4 Å². The van der Waals surface area contributed by atoms with E-state index in [0.29, 0.717) is 32.2 Å². The first-order valence-electron chi connectivity index (χ1n) is 14.0. The van der Waals surface area contributed by atoms with Crippen molar-refractivity contribution in [3.8, 4) is 0 Å². The monoisotopic (exact) mass is 534 g/mol. The molecule has 4 amide bonds. The number of amides is 4. The number of carbonyl (C=O) groups excluding carboxylic acids is 5. The number of hydrogen-bond donors (Lipinski definition) is 3. The highest BCUT2D eigenvalue weighted by molar-refractivity contribution is 6.38. The van der Waals surface area contributed by atoms with E-state index in [1.54, 1.807) is 20.8 Å². The van der Waals surface area contributed by atoms with Crippen LogP contribution in [0.25, 0.3) is 0 Å². The maximum Gasteiger partial charge on any atom is 0.408 e. The van der Waals surface area contributed by atoms with Crippen LogP contribution >= 0.6 is 0 Å². The van der Waals surface area contributed by atoms with Crippen LogP contribution in [0.1, 0.15) is 91.9 Å².